The molecule has 1 heterocycles. The molecule has 1 N–H and O–H groups in total. The summed E-state index contributed by atoms with van der Waals surface area (Å²) in [5.74, 6) is 1.28. The maximum Gasteiger partial charge on any atom is 0.0215 e. The first-order valence-electron chi connectivity index (χ1n) is 6.94. The largest absolute Gasteiger partial charge is 0.313 e. The normalized spacial score (nSPS) is 36.0. The highest BCUT2D eigenvalue weighted by Gasteiger charge is 2.35. The lowest BCUT2D eigenvalue weighted by Gasteiger charge is -2.29. The number of hydrogen-bond donors (Lipinski definition) is 1. The second-order valence-corrected chi connectivity index (χ2v) is 6.55. The summed E-state index contributed by atoms with van der Waals surface area (Å²) in [4.78, 5) is 2.76. The van der Waals surface area contributed by atoms with Crippen molar-refractivity contribution in [1.82, 2.24) is 10.2 Å². The van der Waals surface area contributed by atoms with Gasteiger partial charge in [-0.05, 0) is 31.6 Å². The van der Waals surface area contributed by atoms with Crippen LogP contribution in [0.2, 0.25) is 0 Å². The zero-order valence-electron chi connectivity index (χ0n) is 10.7. The van der Waals surface area contributed by atoms with Gasteiger partial charge in [0.2, 0.25) is 0 Å². The molecular formula is C13H26N2S. The van der Waals surface area contributed by atoms with Gasteiger partial charge in [-0.2, -0.15) is 11.8 Å². The quantitative estimate of drug-likeness (QED) is 0.797. The summed E-state index contributed by atoms with van der Waals surface area (Å²) in [7, 11) is 0. The summed E-state index contributed by atoms with van der Waals surface area (Å²) in [6, 6.07) is 1.64. The Kier molecular flexibility index (Phi) is 4.98. The Bertz CT molecular complexity index is 210. The number of thioether (sulfide) groups is 1. The summed E-state index contributed by atoms with van der Waals surface area (Å²) in [6.45, 7) is 8.25. The highest BCUT2D eigenvalue weighted by molar-refractivity contribution is 7.99. The van der Waals surface area contributed by atoms with Gasteiger partial charge < -0.3 is 5.32 Å². The number of nitrogens with one attached hydrogen (secondary N) is 1. The Labute approximate surface area is 105 Å². The molecular weight excluding hydrogens is 216 g/mol. The Morgan fingerprint density at radius 1 is 1.25 bits per heavy atom. The first-order valence-corrected chi connectivity index (χ1v) is 7.99. The highest BCUT2D eigenvalue weighted by atomic mass is 32.2. The van der Waals surface area contributed by atoms with E-state index in [4.69, 9.17) is 0 Å². The molecule has 0 amide bonds. The summed E-state index contributed by atoms with van der Waals surface area (Å²) < 4.78 is 0. The van der Waals surface area contributed by atoms with E-state index in [2.05, 4.69) is 35.8 Å². The zero-order valence-corrected chi connectivity index (χ0v) is 11.6. The minimum absolute atomic E-state index is 0.762. The molecule has 1 aliphatic heterocycles. The molecule has 0 aromatic rings. The average molecular weight is 242 g/mol. The van der Waals surface area contributed by atoms with E-state index in [9.17, 15) is 0 Å². The van der Waals surface area contributed by atoms with Crippen molar-refractivity contribution in [2.24, 2.45) is 0 Å². The number of likely N-dealkylation sites (tertiary alicyclic amines) is 1. The summed E-state index contributed by atoms with van der Waals surface area (Å²) in [5, 5.41) is 4.52. The van der Waals surface area contributed by atoms with E-state index in [0.717, 1.165) is 23.9 Å². The van der Waals surface area contributed by atoms with Crippen LogP contribution >= 0.6 is 11.8 Å². The lowest BCUT2D eigenvalue weighted by molar-refractivity contribution is 0.244. The molecule has 2 rings (SSSR count). The van der Waals surface area contributed by atoms with Gasteiger partial charge in [-0.1, -0.05) is 20.3 Å². The van der Waals surface area contributed by atoms with E-state index in [-0.39, 0.29) is 0 Å². The van der Waals surface area contributed by atoms with Gasteiger partial charge in [-0.3, -0.25) is 4.90 Å². The van der Waals surface area contributed by atoms with Crippen LogP contribution in [-0.4, -0.2) is 47.6 Å². The summed E-state index contributed by atoms with van der Waals surface area (Å²) >= 11 is 2.19. The monoisotopic (exact) mass is 242 g/mol. The molecule has 16 heavy (non-hydrogen) atoms. The topological polar surface area (TPSA) is 15.3 Å². The molecule has 2 fully saturated rings. The van der Waals surface area contributed by atoms with E-state index in [1.54, 1.807) is 0 Å². The third kappa shape index (κ3) is 2.93. The molecule has 3 atom stereocenters. The van der Waals surface area contributed by atoms with Gasteiger partial charge in [0.15, 0.2) is 0 Å². The standard InChI is InChI=1S/C13H26N2S/c1-3-14-11-8-9-15(10-11)12-6-5-7-13(12)16-4-2/h11-14H,3-10H2,1-2H3. The van der Waals surface area contributed by atoms with Gasteiger partial charge in [-0.25, -0.2) is 0 Å². The van der Waals surface area contributed by atoms with Gasteiger partial charge in [0.05, 0.1) is 0 Å². The molecule has 0 aromatic carbocycles. The second-order valence-electron chi connectivity index (χ2n) is 5.03. The molecule has 1 aliphatic carbocycles. The molecule has 0 radical (unpaired) electrons. The number of nitrogens with zero attached hydrogens (tertiary/aromatic N) is 1. The lowest BCUT2D eigenvalue weighted by atomic mass is 10.2. The molecule has 3 heteroatoms. The van der Waals surface area contributed by atoms with Crippen molar-refractivity contribution < 1.29 is 0 Å². The van der Waals surface area contributed by atoms with Crippen LogP contribution in [0.1, 0.15) is 39.5 Å². The molecule has 0 spiro atoms. The minimum atomic E-state index is 0.762. The first-order chi connectivity index (χ1) is 7.85. The van der Waals surface area contributed by atoms with E-state index in [1.165, 1.54) is 44.5 Å². The van der Waals surface area contributed by atoms with Crippen molar-refractivity contribution >= 4 is 11.8 Å². The van der Waals surface area contributed by atoms with Crippen LogP contribution in [0.3, 0.4) is 0 Å². The van der Waals surface area contributed by atoms with Crippen molar-refractivity contribution in [2.75, 3.05) is 25.4 Å². The molecule has 2 aliphatic rings. The molecule has 1 saturated heterocycles. The van der Waals surface area contributed by atoms with Crippen molar-refractivity contribution in [3.63, 3.8) is 0 Å². The summed E-state index contributed by atoms with van der Waals surface area (Å²) in [5.41, 5.74) is 0. The van der Waals surface area contributed by atoms with Crippen LogP contribution in [0.15, 0.2) is 0 Å². The van der Waals surface area contributed by atoms with Gasteiger partial charge >= 0.3 is 0 Å². The predicted molar refractivity (Wildman–Crippen MR) is 73.2 cm³/mol. The highest BCUT2D eigenvalue weighted by Crippen LogP contribution is 2.34. The van der Waals surface area contributed by atoms with Crippen LogP contribution in [0.4, 0.5) is 0 Å². The lowest BCUT2D eigenvalue weighted by Crippen LogP contribution is -2.40. The van der Waals surface area contributed by atoms with E-state index in [0.29, 0.717) is 0 Å². The molecule has 94 valence electrons. The first kappa shape index (κ1) is 12.7. The SMILES string of the molecule is CCNC1CCN(C2CCCC2SCC)C1. The Hall–Kier alpha value is 0.270. The molecule has 0 bridgehead atoms. The minimum Gasteiger partial charge on any atom is -0.313 e. The number of rotatable bonds is 5. The molecule has 3 unspecified atom stereocenters. The van der Waals surface area contributed by atoms with Crippen LogP contribution in [-0.2, 0) is 0 Å². The van der Waals surface area contributed by atoms with Gasteiger partial charge in [-0.15, -0.1) is 0 Å². The average Bonchev–Trinajstić information content (AvgIpc) is 2.87. The fourth-order valence-corrected chi connectivity index (χ4v) is 4.57. The van der Waals surface area contributed by atoms with Crippen LogP contribution in [0, 0.1) is 0 Å². The van der Waals surface area contributed by atoms with Crippen molar-refractivity contribution in [2.45, 2.75) is 56.9 Å². The van der Waals surface area contributed by atoms with Gasteiger partial charge in [0.1, 0.15) is 0 Å². The third-order valence-electron chi connectivity index (χ3n) is 3.98. The smallest absolute Gasteiger partial charge is 0.0215 e. The van der Waals surface area contributed by atoms with Crippen molar-refractivity contribution in [3.05, 3.63) is 0 Å². The Morgan fingerprint density at radius 2 is 2.12 bits per heavy atom. The zero-order chi connectivity index (χ0) is 11.4. The molecule has 2 nitrogen and oxygen atoms in total. The van der Waals surface area contributed by atoms with Crippen molar-refractivity contribution in [3.8, 4) is 0 Å². The van der Waals surface area contributed by atoms with Crippen LogP contribution < -0.4 is 5.32 Å². The Morgan fingerprint density at radius 3 is 2.88 bits per heavy atom. The van der Waals surface area contributed by atoms with E-state index >= 15 is 0 Å². The number of hydrogen-bond acceptors (Lipinski definition) is 3. The van der Waals surface area contributed by atoms with Crippen LogP contribution in [0.5, 0.6) is 0 Å². The van der Waals surface area contributed by atoms with E-state index < -0.39 is 0 Å². The van der Waals surface area contributed by atoms with E-state index in [1.807, 2.05) is 0 Å². The Balaban J connectivity index is 1.83. The van der Waals surface area contributed by atoms with Crippen molar-refractivity contribution in [1.29, 1.82) is 0 Å². The second kappa shape index (κ2) is 6.27. The molecule has 1 saturated carbocycles. The number of likely N-dealkylation sites (N-methyl/N-ethyl adjacent to an activating group) is 1. The fraction of sp³-hybridized carbons (Fsp3) is 1.00. The van der Waals surface area contributed by atoms with Gasteiger partial charge in [0, 0.05) is 30.4 Å². The summed E-state index contributed by atoms with van der Waals surface area (Å²) in [6.07, 6.45) is 5.70. The van der Waals surface area contributed by atoms with Crippen LogP contribution in [0.25, 0.3) is 0 Å². The van der Waals surface area contributed by atoms with Gasteiger partial charge in [0.25, 0.3) is 0 Å². The molecule has 0 aromatic heterocycles. The fourth-order valence-electron chi connectivity index (χ4n) is 3.28. The third-order valence-corrected chi connectivity index (χ3v) is 5.29. The predicted octanol–water partition coefficient (Wildman–Crippen LogP) is 2.34. The maximum atomic E-state index is 3.60. The maximum absolute atomic E-state index is 3.60.